The fraction of sp³-hybridized carbons (Fsp3) is 0.333. The first-order valence-electron chi connectivity index (χ1n) is 6.51. The number of carbonyl (C=O) groups is 1. The van der Waals surface area contributed by atoms with Crippen LogP contribution in [0.4, 0.5) is 0 Å². The summed E-state index contributed by atoms with van der Waals surface area (Å²) in [5.41, 5.74) is 3.38. The van der Waals surface area contributed by atoms with Gasteiger partial charge in [0.05, 0.1) is 18.7 Å². The number of hydrogen-bond acceptors (Lipinski definition) is 4. The molecule has 1 aromatic carbocycles. The van der Waals surface area contributed by atoms with Gasteiger partial charge in [0.2, 0.25) is 0 Å². The molecular formula is C15H18N2O3S. The second-order valence-corrected chi connectivity index (χ2v) is 5.49. The van der Waals surface area contributed by atoms with Crippen molar-refractivity contribution in [3.8, 4) is 5.75 Å². The molecule has 0 fully saturated rings. The van der Waals surface area contributed by atoms with Crippen molar-refractivity contribution in [3.05, 3.63) is 40.1 Å². The third-order valence-corrected chi connectivity index (χ3v) is 3.68. The Hall–Kier alpha value is -2.08. The van der Waals surface area contributed by atoms with Crippen LogP contribution in [0.5, 0.6) is 5.75 Å². The van der Waals surface area contributed by atoms with E-state index in [2.05, 4.69) is 10.6 Å². The van der Waals surface area contributed by atoms with Crippen LogP contribution in [0.3, 0.4) is 0 Å². The van der Waals surface area contributed by atoms with Crippen LogP contribution in [0.25, 0.3) is 0 Å². The maximum atomic E-state index is 12.1. The molecule has 0 spiro atoms. The van der Waals surface area contributed by atoms with Crippen molar-refractivity contribution in [2.24, 2.45) is 0 Å². The summed E-state index contributed by atoms with van der Waals surface area (Å²) in [6.07, 6.45) is 0. The van der Waals surface area contributed by atoms with Crippen LogP contribution in [-0.2, 0) is 9.53 Å². The minimum absolute atomic E-state index is 0.150. The van der Waals surface area contributed by atoms with E-state index in [1.807, 2.05) is 26.0 Å². The van der Waals surface area contributed by atoms with E-state index in [-0.39, 0.29) is 5.75 Å². The van der Waals surface area contributed by atoms with E-state index in [1.54, 1.807) is 6.92 Å². The van der Waals surface area contributed by atoms with Crippen LogP contribution in [0.1, 0.15) is 29.7 Å². The van der Waals surface area contributed by atoms with E-state index < -0.39 is 12.0 Å². The van der Waals surface area contributed by atoms with Crippen molar-refractivity contribution in [2.45, 2.75) is 26.8 Å². The first-order chi connectivity index (χ1) is 9.85. The third kappa shape index (κ3) is 2.85. The summed E-state index contributed by atoms with van der Waals surface area (Å²) >= 11 is 5.15. The van der Waals surface area contributed by atoms with Crippen molar-refractivity contribution in [1.82, 2.24) is 10.6 Å². The minimum Gasteiger partial charge on any atom is -0.507 e. The fourth-order valence-corrected chi connectivity index (χ4v) is 2.79. The Morgan fingerprint density at radius 1 is 1.33 bits per heavy atom. The highest BCUT2D eigenvalue weighted by atomic mass is 32.1. The molecule has 1 aliphatic rings. The number of aromatic hydroxyl groups is 1. The number of thiocarbonyl (C=S) groups is 1. The fourth-order valence-electron chi connectivity index (χ4n) is 2.52. The zero-order valence-corrected chi connectivity index (χ0v) is 13.2. The second-order valence-electron chi connectivity index (χ2n) is 5.08. The molecule has 1 aliphatic heterocycles. The van der Waals surface area contributed by atoms with Gasteiger partial charge >= 0.3 is 5.97 Å². The Kier molecular flexibility index (Phi) is 4.18. The van der Waals surface area contributed by atoms with Gasteiger partial charge in [0.25, 0.3) is 0 Å². The number of aryl methyl sites for hydroxylation is 2. The van der Waals surface area contributed by atoms with Gasteiger partial charge in [-0.1, -0.05) is 11.6 Å². The molecule has 0 amide bonds. The van der Waals surface area contributed by atoms with Gasteiger partial charge < -0.3 is 20.5 Å². The van der Waals surface area contributed by atoms with E-state index in [9.17, 15) is 9.90 Å². The second kappa shape index (κ2) is 5.73. The Morgan fingerprint density at radius 3 is 2.62 bits per heavy atom. The number of carbonyl (C=O) groups excluding carboxylic acids is 1. The highest BCUT2D eigenvalue weighted by Gasteiger charge is 2.32. The number of nitrogens with one attached hydrogen (secondary N) is 2. The quantitative estimate of drug-likeness (QED) is 0.573. The first-order valence-corrected chi connectivity index (χ1v) is 6.92. The molecule has 21 heavy (non-hydrogen) atoms. The van der Waals surface area contributed by atoms with E-state index in [4.69, 9.17) is 17.0 Å². The lowest BCUT2D eigenvalue weighted by Gasteiger charge is -2.30. The molecule has 1 heterocycles. The van der Waals surface area contributed by atoms with Gasteiger partial charge in [0.15, 0.2) is 5.11 Å². The molecule has 0 saturated carbocycles. The topological polar surface area (TPSA) is 70.6 Å². The van der Waals surface area contributed by atoms with Crippen LogP contribution in [0.2, 0.25) is 0 Å². The smallest absolute Gasteiger partial charge is 0.337 e. The van der Waals surface area contributed by atoms with Crippen LogP contribution in [-0.4, -0.2) is 23.3 Å². The lowest BCUT2D eigenvalue weighted by atomic mass is 9.92. The summed E-state index contributed by atoms with van der Waals surface area (Å²) < 4.78 is 4.85. The molecule has 1 aromatic rings. The number of esters is 1. The lowest BCUT2D eigenvalue weighted by molar-refractivity contribution is -0.136. The maximum Gasteiger partial charge on any atom is 0.337 e. The number of hydrogen-bond donors (Lipinski definition) is 3. The van der Waals surface area contributed by atoms with Crippen LogP contribution in [0, 0.1) is 13.8 Å². The van der Waals surface area contributed by atoms with Gasteiger partial charge in [-0.2, -0.15) is 0 Å². The molecule has 5 nitrogen and oxygen atoms in total. The lowest BCUT2D eigenvalue weighted by Crippen LogP contribution is -2.45. The first kappa shape index (κ1) is 15.3. The van der Waals surface area contributed by atoms with Gasteiger partial charge in [-0.25, -0.2) is 4.79 Å². The summed E-state index contributed by atoms with van der Waals surface area (Å²) in [6.45, 7) is 5.51. The van der Waals surface area contributed by atoms with E-state index in [1.165, 1.54) is 7.11 Å². The third-order valence-electron chi connectivity index (χ3n) is 3.46. The molecule has 0 bridgehead atoms. The van der Waals surface area contributed by atoms with Crippen molar-refractivity contribution in [2.75, 3.05) is 7.11 Å². The Bertz CT molecular complexity index is 653. The van der Waals surface area contributed by atoms with Crippen molar-refractivity contribution in [1.29, 1.82) is 0 Å². The number of ether oxygens (including phenoxy) is 1. The zero-order chi connectivity index (χ0) is 15.7. The molecule has 0 saturated heterocycles. The van der Waals surface area contributed by atoms with Gasteiger partial charge in [-0.15, -0.1) is 0 Å². The molecule has 2 rings (SSSR count). The molecule has 0 aromatic heterocycles. The van der Waals surface area contributed by atoms with E-state index >= 15 is 0 Å². The highest BCUT2D eigenvalue weighted by molar-refractivity contribution is 7.80. The van der Waals surface area contributed by atoms with Crippen molar-refractivity contribution < 1.29 is 14.6 Å². The summed E-state index contributed by atoms with van der Waals surface area (Å²) in [5.74, 6) is -0.310. The molecule has 1 unspecified atom stereocenters. The monoisotopic (exact) mass is 306 g/mol. The molecule has 1 atom stereocenters. The van der Waals surface area contributed by atoms with Gasteiger partial charge in [-0.3, -0.25) is 0 Å². The van der Waals surface area contributed by atoms with Gasteiger partial charge in [0, 0.05) is 11.3 Å². The van der Waals surface area contributed by atoms with E-state index in [0.29, 0.717) is 21.9 Å². The van der Waals surface area contributed by atoms with Crippen LogP contribution in [0.15, 0.2) is 23.4 Å². The zero-order valence-electron chi connectivity index (χ0n) is 12.4. The molecule has 0 radical (unpaired) electrons. The largest absolute Gasteiger partial charge is 0.507 e. The highest BCUT2D eigenvalue weighted by Crippen LogP contribution is 2.35. The summed E-state index contributed by atoms with van der Waals surface area (Å²) in [5, 5.41) is 16.7. The SMILES string of the molecule is COC(=O)C1=C(C)NC(=S)NC1c1cc(C)cc(C)c1O. The average molecular weight is 306 g/mol. The Labute approximate surface area is 129 Å². The Balaban J connectivity index is 2.62. The average Bonchev–Trinajstić information content (AvgIpc) is 2.41. The summed E-state index contributed by atoms with van der Waals surface area (Å²) in [4.78, 5) is 12.1. The number of rotatable bonds is 2. The van der Waals surface area contributed by atoms with Crippen LogP contribution < -0.4 is 10.6 Å². The predicted octanol–water partition coefficient (Wildman–Crippen LogP) is 1.97. The van der Waals surface area contributed by atoms with Crippen LogP contribution >= 0.6 is 12.2 Å². The summed E-state index contributed by atoms with van der Waals surface area (Å²) in [6, 6.07) is 3.18. The number of benzene rings is 1. The molecule has 0 aliphatic carbocycles. The minimum atomic E-state index is -0.537. The Morgan fingerprint density at radius 2 is 2.00 bits per heavy atom. The molecular weight excluding hydrogens is 288 g/mol. The van der Waals surface area contributed by atoms with Gasteiger partial charge in [0.1, 0.15) is 5.75 Å². The number of methoxy groups -OCH3 is 1. The van der Waals surface area contributed by atoms with Crippen molar-refractivity contribution in [3.63, 3.8) is 0 Å². The molecule has 6 heteroatoms. The standard InChI is InChI=1S/C15H18N2O3S/c1-7-5-8(2)13(18)10(6-7)12-11(14(19)20-4)9(3)16-15(21)17-12/h5-6,12,18H,1-4H3,(H2,16,17,21). The van der Waals surface area contributed by atoms with Crippen molar-refractivity contribution >= 4 is 23.3 Å². The predicted molar refractivity (Wildman–Crippen MR) is 83.9 cm³/mol. The number of allylic oxidation sites excluding steroid dienone is 1. The summed E-state index contributed by atoms with van der Waals surface area (Å²) in [7, 11) is 1.33. The number of phenols is 1. The van der Waals surface area contributed by atoms with E-state index in [0.717, 1.165) is 11.1 Å². The molecule has 112 valence electrons. The van der Waals surface area contributed by atoms with Gasteiger partial charge in [-0.05, 0) is 44.6 Å². The molecule has 3 N–H and O–H groups in total. The number of phenolic OH excluding ortho intramolecular Hbond substituents is 1. The maximum absolute atomic E-state index is 12.1. The normalized spacial score (nSPS) is 18.1.